The average molecular weight is 260 g/mol. The molecular weight excluding hydrogens is 244 g/mol. The van der Waals surface area contributed by atoms with Crippen LogP contribution in [-0.2, 0) is 4.79 Å². The molecular formula is C13H16N4O2. The van der Waals surface area contributed by atoms with Gasteiger partial charge >= 0.3 is 0 Å². The Bertz CT molecular complexity index is 548. The number of H-pyrrole nitrogens is 1. The Balaban J connectivity index is 2.11. The van der Waals surface area contributed by atoms with Gasteiger partial charge in [0.2, 0.25) is 11.9 Å². The molecule has 0 radical (unpaired) electrons. The van der Waals surface area contributed by atoms with E-state index < -0.39 is 0 Å². The smallest absolute Gasteiger partial charge is 0.228 e. The quantitative estimate of drug-likeness (QED) is 0.863. The van der Waals surface area contributed by atoms with Crippen LogP contribution in [0.4, 0.5) is 5.95 Å². The molecule has 0 aliphatic rings. The SMILES string of the molecule is CCOc1ccc(-c2nnc(NC(=O)CC)[nH]2)cc1. The van der Waals surface area contributed by atoms with Crippen molar-refractivity contribution in [3.05, 3.63) is 24.3 Å². The summed E-state index contributed by atoms with van der Waals surface area (Å²) in [6.45, 7) is 4.35. The minimum absolute atomic E-state index is 0.102. The normalized spacial score (nSPS) is 10.2. The molecule has 0 fully saturated rings. The number of rotatable bonds is 5. The number of nitrogens with zero attached hydrogens (tertiary/aromatic N) is 2. The molecule has 6 heteroatoms. The van der Waals surface area contributed by atoms with E-state index in [2.05, 4.69) is 20.5 Å². The van der Waals surface area contributed by atoms with Gasteiger partial charge in [-0.25, -0.2) is 0 Å². The average Bonchev–Trinajstić information content (AvgIpc) is 2.88. The molecule has 1 amide bonds. The van der Waals surface area contributed by atoms with E-state index in [0.29, 0.717) is 24.8 Å². The molecule has 6 nitrogen and oxygen atoms in total. The van der Waals surface area contributed by atoms with E-state index in [4.69, 9.17) is 4.74 Å². The highest BCUT2D eigenvalue weighted by atomic mass is 16.5. The van der Waals surface area contributed by atoms with Gasteiger partial charge < -0.3 is 9.72 Å². The van der Waals surface area contributed by atoms with E-state index in [1.165, 1.54) is 0 Å². The lowest BCUT2D eigenvalue weighted by molar-refractivity contribution is -0.115. The fraction of sp³-hybridized carbons (Fsp3) is 0.308. The zero-order chi connectivity index (χ0) is 13.7. The van der Waals surface area contributed by atoms with Gasteiger partial charge in [-0.15, -0.1) is 10.2 Å². The first-order chi connectivity index (χ1) is 9.22. The van der Waals surface area contributed by atoms with Crippen LogP contribution in [0.3, 0.4) is 0 Å². The van der Waals surface area contributed by atoms with E-state index in [9.17, 15) is 4.79 Å². The fourth-order valence-corrected chi connectivity index (χ4v) is 1.54. The van der Waals surface area contributed by atoms with Gasteiger partial charge in [0.1, 0.15) is 5.75 Å². The maximum atomic E-state index is 11.2. The zero-order valence-electron chi connectivity index (χ0n) is 10.9. The minimum atomic E-state index is -0.102. The second-order valence-corrected chi connectivity index (χ2v) is 3.88. The molecule has 2 rings (SSSR count). The predicted octanol–water partition coefficient (Wildman–Crippen LogP) is 2.22. The van der Waals surface area contributed by atoms with E-state index in [1.807, 2.05) is 31.2 Å². The topological polar surface area (TPSA) is 79.9 Å². The molecule has 0 saturated carbocycles. The number of carbonyl (C=O) groups is 1. The predicted molar refractivity (Wildman–Crippen MR) is 71.9 cm³/mol. The Morgan fingerprint density at radius 1 is 1.26 bits per heavy atom. The van der Waals surface area contributed by atoms with Crippen LogP contribution in [0.25, 0.3) is 11.4 Å². The summed E-state index contributed by atoms with van der Waals surface area (Å²) in [5.74, 6) is 1.67. The van der Waals surface area contributed by atoms with Crippen LogP contribution in [0, 0.1) is 0 Å². The number of hydrogen-bond donors (Lipinski definition) is 2. The van der Waals surface area contributed by atoms with E-state index in [-0.39, 0.29) is 5.91 Å². The van der Waals surface area contributed by atoms with Crippen molar-refractivity contribution in [1.29, 1.82) is 0 Å². The van der Waals surface area contributed by atoms with Crippen LogP contribution in [0.15, 0.2) is 24.3 Å². The van der Waals surface area contributed by atoms with Gasteiger partial charge in [0, 0.05) is 12.0 Å². The van der Waals surface area contributed by atoms with E-state index >= 15 is 0 Å². The summed E-state index contributed by atoms with van der Waals surface area (Å²) < 4.78 is 5.37. The number of hydrogen-bond acceptors (Lipinski definition) is 4. The summed E-state index contributed by atoms with van der Waals surface area (Å²) >= 11 is 0. The van der Waals surface area contributed by atoms with Gasteiger partial charge in [0.25, 0.3) is 0 Å². The Morgan fingerprint density at radius 2 is 2.00 bits per heavy atom. The first kappa shape index (κ1) is 13.1. The largest absolute Gasteiger partial charge is 0.494 e. The summed E-state index contributed by atoms with van der Waals surface area (Å²) in [5.41, 5.74) is 0.882. The van der Waals surface area contributed by atoms with E-state index in [0.717, 1.165) is 11.3 Å². The molecule has 0 bridgehead atoms. The third-order valence-electron chi connectivity index (χ3n) is 2.50. The maximum absolute atomic E-state index is 11.2. The molecule has 1 aromatic heterocycles. The van der Waals surface area contributed by atoms with Crippen molar-refractivity contribution in [3.63, 3.8) is 0 Å². The number of carbonyl (C=O) groups excluding carboxylic acids is 1. The molecule has 0 aliphatic carbocycles. The highest BCUT2D eigenvalue weighted by Gasteiger charge is 2.07. The number of benzene rings is 1. The number of nitrogens with one attached hydrogen (secondary N) is 2. The molecule has 2 aromatic rings. The van der Waals surface area contributed by atoms with Crippen molar-refractivity contribution in [2.45, 2.75) is 20.3 Å². The van der Waals surface area contributed by atoms with Crippen LogP contribution < -0.4 is 10.1 Å². The second kappa shape index (κ2) is 5.99. The highest BCUT2D eigenvalue weighted by Crippen LogP contribution is 2.20. The molecule has 0 aliphatic heterocycles. The van der Waals surface area contributed by atoms with Crippen LogP contribution in [-0.4, -0.2) is 27.7 Å². The maximum Gasteiger partial charge on any atom is 0.228 e. The Labute approximate surface area is 111 Å². The second-order valence-electron chi connectivity index (χ2n) is 3.88. The summed E-state index contributed by atoms with van der Waals surface area (Å²) in [6.07, 6.45) is 0.402. The first-order valence-corrected chi connectivity index (χ1v) is 6.18. The van der Waals surface area contributed by atoms with Gasteiger partial charge in [-0.05, 0) is 31.2 Å². The summed E-state index contributed by atoms with van der Waals surface area (Å²) in [6, 6.07) is 7.51. The number of anilines is 1. The van der Waals surface area contributed by atoms with Crippen LogP contribution in [0.1, 0.15) is 20.3 Å². The number of aromatic amines is 1. The fourth-order valence-electron chi connectivity index (χ4n) is 1.54. The molecule has 0 unspecified atom stereocenters. The van der Waals surface area contributed by atoms with Crippen molar-refractivity contribution < 1.29 is 9.53 Å². The van der Waals surface area contributed by atoms with Gasteiger partial charge in [0.15, 0.2) is 5.82 Å². The molecule has 2 N–H and O–H groups in total. The van der Waals surface area contributed by atoms with Crippen molar-refractivity contribution in [1.82, 2.24) is 15.2 Å². The van der Waals surface area contributed by atoms with Gasteiger partial charge in [-0.2, -0.15) is 0 Å². The van der Waals surface area contributed by atoms with Crippen molar-refractivity contribution in [2.24, 2.45) is 0 Å². The first-order valence-electron chi connectivity index (χ1n) is 6.18. The summed E-state index contributed by atoms with van der Waals surface area (Å²) in [7, 11) is 0. The van der Waals surface area contributed by atoms with Crippen LogP contribution >= 0.6 is 0 Å². The van der Waals surface area contributed by atoms with Gasteiger partial charge in [0.05, 0.1) is 6.61 Å². The third-order valence-corrected chi connectivity index (χ3v) is 2.50. The molecule has 19 heavy (non-hydrogen) atoms. The molecule has 100 valence electrons. The standard InChI is InChI=1S/C13H16N4O2/c1-3-11(18)14-13-15-12(16-17-13)9-5-7-10(8-6-9)19-4-2/h5-8H,3-4H2,1-2H3,(H2,14,15,16,17,18). The Kier molecular flexibility index (Phi) is 4.12. The lowest BCUT2D eigenvalue weighted by Gasteiger charge is -2.02. The third kappa shape index (κ3) is 3.31. The molecule has 0 saturated heterocycles. The zero-order valence-corrected chi connectivity index (χ0v) is 10.9. The number of ether oxygens (including phenoxy) is 1. The molecule has 1 aromatic carbocycles. The van der Waals surface area contributed by atoms with E-state index in [1.54, 1.807) is 6.92 Å². The monoisotopic (exact) mass is 260 g/mol. The lowest BCUT2D eigenvalue weighted by atomic mass is 10.2. The van der Waals surface area contributed by atoms with Crippen LogP contribution in [0.2, 0.25) is 0 Å². The molecule has 0 atom stereocenters. The van der Waals surface area contributed by atoms with Crippen molar-refractivity contribution in [2.75, 3.05) is 11.9 Å². The Hall–Kier alpha value is -2.37. The number of amides is 1. The van der Waals surface area contributed by atoms with Crippen molar-refractivity contribution >= 4 is 11.9 Å². The van der Waals surface area contributed by atoms with Crippen molar-refractivity contribution in [3.8, 4) is 17.1 Å². The molecule has 1 heterocycles. The van der Waals surface area contributed by atoms with Gasteiger partial charge in [-0.1, -0.05) is 6.92 Å². The minimum Gasteiger partial charge on any atom is -0.494 e. The lowest BCUT2D eigenvalue weighted by Crippen LogP contribution is -2.10. The highest BCUT2D eigenvalue weighted by molar-refractivity contribution is 5.88. The Morgan fingerprint density at radius 3 is 2.63 bits per heavy atom. The summed E-state index contributed by atoms with van der Waals surface area (Å²) in [4.78, 5) is 14.2. The number of aromatic nitrogens is 3. The van der Waals surface area contributed by atoms with Crippen LogP contribution in [0.5, 0.6) is 5.75 Å². The summed E-state index contributed by atoms with van der Waals surface area (Å²) in [5, 5.41) is 10.5. The van der Waals surface area contributed by atoms with Gasteiger partial charge in [-0.3, -0.25) is 10.1 Å². The molecule has 0 spiro atoms.